The van der Waals surface area contributed by atoms with E-state index in [4.69, 9.17) is 26.4 Å². The summed E-state index contributed by atoms with van der Waals surface area (Å²) in [5.74, 6) is 0.872. The van der Waals surface area contributed by atoms with E-state index in [1.807, 2.05) is 19.1 Å². The first-order valence-electron chi connectivity index (χ1n) is 10.7. The summed E-state index contributed by atoms with van der Waals surface area (Å²) in [6.07, 6.45) is 6.74. The average Bonchev–Trinajstić information content (AvgIpc) is 3.55. The van der Waals surface area contributed by atoms with Crippen molar-refractivity contribution in [3.8, 4) is 0 Å². The van der Waals surface area contributed by atoms with Gasteiger partial charge >= 0.3 is 0 Å². The first-order chi connectivity index (χ1) is 16.0. The molecule has 0 bridgehead atoms. The maximum atomic E-state index is 13.4. The first-order valence-corrected chi connectivity index (χ1v) is 11.9. The lowest BCUT2D eigenvalue weighted by Gasteiger charge is -2.18. The Bertz CT molecular complexity index is 1310. The maximum absolute atomic E-state index is 13.4. The van der Waals surface area contributed by atoms with Gasteiger partial charge in [-0.1, -0.05) is 30.0 Å². The molecule has 0 radical (unpaired) electrons. The van der Waals surface area contributed by atoms with Crippen molar-refractivity contribution in [2.24, 2.45) is 0 Å². The van der Waals surface area contributed by atoms with Crippen molar-refractivity contribution in [1.82, 2.24) is 14.3 Å². The Morgan fingerprint density at radius 3 is 2.97 bits per heavy atom. The Morgan fingerprint density at radius 1 is 1.33 bits per heavy atom. The lowest BCUT2D eigenvalue weighted by atomic mass is 10.2. The Labute approximate surface area is 199 Å². The number of fused-ring (bicyclic) bond motifs is 1. The van der Waals surface area contributed by atoms with E-state index >= 15 is 0 Å². The molecule has 10 heteroatoms. The van der Waals surface area contributed by atoms with E-state index in [0.717, 1.165) is 18.4 Å². The monoisotopic (exact) mass is 482 g/mol. The zero-order valence-corrected chi connectivity index (χ0v) is 19.6. The third-order valence-corrected chi connectivity index (χ3v) is 7.03. The van der Waals surface area contributed by atoms with Crippen molar-refractivity contribution in [1.29, 1.82) is 0 Å². The number of hydrogen-bond acceptors (Lipinski definition) is 8. The number of anilines is 1. The fourth-order valence-electron chi connectivity index (χ4n) is 3.94. The van der Waals surface area contributed by atoms with Crippen LogP contribution in [0.2, 0.25) is 0 Å². The number of ether oxygens (including phenoxy) is 1. The Kier molecular flexibility index (Phi) is 6.05. The van der Waals surface area contributed by atoms with Crippen LogP contribution in [0.1, 0.15) is 29.7 Å². The molecule has 5 heterocycles. The predicted octanol–water partition coefficient (Wildman–Crippen LogP) is 3.59. The summed E-state index contributed by atoms with van der Waals surface area (Å²) < 4.78 is 13.0. The molecule has 33 heavy (non-hydrogen) atoms. The molecule has 0 saturated carbocycles. The van der Waals surface area contributed by atoms with Crippen LogP contribution in [0.15, 0.2) is 50.8 Å². The van der Waals surface area contributed by atoms with Crippen LogP contribution < -0.4 is 10.9 Å². The summed E-state index contributed by atoms with van der Waals surface area (Å²) in [6.45, 7) is 3.38. The predicted molar refractivity (Wildman–Crippen MR) is 131 cm³/mol. The molecule has 1 N–H and O–H groups in total. The number of aryl methyl sites for hydroxylation is 1. The topological polar surface area (TPSA) is 89.1 Å². The number of rotatable bonds is 6. The van der Waals surface area contributed by atoms with E-state index in [-0.39, 0.29) is 17.6 Å². The average molecular weight is 483 g/mol. The van der Waals surface area contributed by atoms with Gasteiger partial charge < -0.3 is 14.5 Å². The van der Waals surface area contributed by atoms with Crippen molar-refractivity contribution in [2.45, 2.75) is 32.4 Å². The Hall–Kier alpha value is -2.95. The van der Waals surface area contributed by atoms with Gasteiger partial charge in [-0.2, -0.15) is 0 Å². The normalized spacial score (nSPS) is 19.8. The second-order valence-corrected chi connectivity index (χ2v) is 9.60. The van der Waals surface area contributed by atoms with Crippen LogP contribution in [0.25, 0.3) is 11.7 Å². The third-order valence-electron chi connectivity index (χ3n) is 5.65. The number of carbonyl (C=O) groups is 1. The van der Waals surface area contributed by atoms with Gasteiger partial charge in [0.25, 0.3) is 11.5 Å². The molecule has 170 valence electrons. The minimum absolute atomic E-state index is 0.00620. The summed E-state index contributed by atoms with van der Waals surface area (Å²) >= 11 is 6.65. The van der Waals surface area contributed by atoms with Gasteiger partial charge in [-0.15, -0.1) is 0 Å². The van der Waals surface area contributed by atoms with E-state index in [1.165, 1.54) is 16.2 Å². The molecule has 1 atom stereocenters. The number of thioether (sulfide) groups is 1. The third kappa shape index (κ3) is 4.33. The molecule has 2 aliphatic rings. The van der Waals surface area contributed by atoms with Gasteiger partial charge in [0.2, 0.25) is 0 Å². The number of carbonyl (C=O) groups excluding carboxylic acids is 1. The summed E-state index contributed by atoms with van der Waals surface area (Å²) in [5.41, 5.74) is 1.44. The van der Waals surface area contributed by atoms with Crippen molar-refractivity contribution >= 4 is 51.7 Å². The summed E-state index contributed by atoms with van der Waals surface area (Å²) in [4.78, 5) is 33.2. The maximum Gasteiger partial charge on any atom is 0.267 e. The highest BCUT2D eigenvalue weighted by molar-refractivity contribution is 8.26. The number of nitrogens with one attached hydrogen (secondary N) is 1. The van der Waals surface area contributed by atoms with Crippen LogP contribution in [-0.2, 0) is 16.1 Å². The number of thiocarbonyl (C=S) groups is 1. The molecule has 0 aromatic carbocycles. The van der Waals surface area contributed by atoms with Crippen LogP contribution in [0.3, 0.4) is 0 Å². The van der Waals surface area contributed by atoms with Crippen molar-refractivity contribution in [3.63, 3.8) is 0 Å². The van der Waals surface area contributed by atoms with Crippen LogP contribution in [0.5, 0.6) is 0 Å². The van der Waals surface area contributed by atoms with E-state index in [0.29, 0.717) is 51.7 Å². The number of aromatic nitrogens is 2. The quantitative estimate of drug-likeness (QED) is 0.421. The lowest BCUT2D eigenvalue weighted by Crippen LogP contribution is -2.35. The van der Waals surface area contributed by atoms with Gasteiger partial charge in [-0.05, 0) is 49.6 Å². The molecule has 3 aromatic heterocycles. The molecule has 2 fully saturated rings. The van der Waals surface area contributed by atoms with Crippen LogP contribution >= 0.6 is 24.0 Å². The second kappa shape index (κ2) is 9.12. The van der Waals surface area contributed by atoms with Gasteiger partial charge in [-0.25, -0.2) is 4.98 Å². The number of hydrogen-bond donors (Lipinski definition) is 1. The van der Waals surface area contributed by atoms with Gasteiger partial charge in [-0.3, -0.25) is 18.9 Å². The molecule has 2 aliphatic heterocycles. The van der Waals surface area contributed by atoms with Crippen molar-refractivity contribution < 1.29 is 13.9 Å². The van der Waals surface area contributed by atoms with Crippen LogP contribution in [0, 0.1) is 6.92 Å². The van der Waals surface area contributed by atoms with Gasteiger partial charge in [0.05, 0.1) is 35.9 Å². The minimum Gasteiger partial charge on any atom is -0.467 e. The highest BCUT2D eigenvalue weighted by Gasteiger charge is 2.35. The molecular formula is C23H22N4O4S2. The molecule has 1 amide bonds. The number of nitrogens with zero attached hydrogens (tertiary/aromatic N) is 3. The Balaban J connectivity index is 1.53. The molecular weight excluding hydrogens is 460 g/mol. The first kappa shape index (κ1) is 21.9. The zero-order chi connectivity index (χ0) is 22.9. The highest BCUT2D eigenvalue weighted by Crippen LogP contribution is 2.34. The van der Waals surface area contributed by atoms with Gasteiger partial charge in [0, 0.05) is 12.8 Å². The molecule has 8 nitrogen and oxygen atoms in total. The summed E-state index contributed by atoms with van der Waals surface area (Å²) in [5, 5.41) is 3.20. The van der Waals surface area contributed by atoms with Crippen molar-refractivity contribution in [3.05, 3.63) is 68.9 Å². The van der Waals surface area contributed by atoms with Crippen LogP contribution in [0.4, 0.5) is 5.82 Å². The number of pyridine rings is 1. The van der Waals surface area contributed by atoms with E-state index in [2.05, 4.69) is 5.32 Å². The number of amides is 1. The lowest BCUT2D eigenvalue weighted by molar-refractivity contribution is -0.123. The standard InChI is InChI=1S/C23H22N4O4S2/c1-14-5-2-8-26-20(14)25-19(24-12-15-6-3-9-30-15)17(21(26)28)11-18-22(29)27(23(32)33-18)13-16-7-4-10-31-16/h2-3,5-6,8-9,11,16,24H,4,7,10,12-13H2,1H3/b18-11-/t16-/m1/s1. The van der Waals surface area contributed by atoms with Crippen LogP contribution in [-0.4, -0.2) is 43.8 Å². The Morgan fingerprint density at radius 2 is 2.21 bits per heavy atom. The van der Waals surface area contributed by atoms with E-state index < -0.39 is 0 Å². The fourth-order valence-corrected chi connectivity index (χ4v) is 5.20. The fraction of sp³-hybridized carbons (Fsp3) is 0.304. The minimum atomic E-state index is -0.268. The SMILES string of the molecule is Cc1cccn2c(=O)c(/C=C3\SC(=S)N(C[C@H]4CCCO4)C3=O)c(NCc3ccco3)nc12. The summed E-state index contributed by atoms with van der Waals surface area (Å²) in [6, 6.07) is 7.33. The molecule has 0 spiro atoms. The van der Waals surface area contributed by atoms with E-state index in [9.17, 15) is 9.59 Å². The van der Waals surface area contributed by atoms with Crippen molar-refractivity contribution in [2.75, 3.05) is 18.5 Å². The second-order valence-electron chi connectivity index (χ2n) is 7.92. The van der Waals surface area contributed by atoms with E-state index in [1.54, 1.807) is 35.6 Å². The zero-order valence-electron chi connectivity index (χ0n) is 17.9. The van der Waals surface area contributed by atoms with Gasteiger partial charge in [0.1, 0.15) is 21.5 Å². The molecule has 5 rings (SSSR count). The molecule has 2 saturated heterocycles. The molecule has 0 unspecified atom stereocenters. The van der Waals surface area contributed by atoms with Gasteiger partial charge in [0.15, 0.2) is 0 Å². The number of furan rings is 1. The summed E-state index contributed by atoms with van der Waals surface area (Å²) in [7, 11) is 0. The largest absolute Gasteiger partial charge is 0.467 e. The highest BCUT2D eigenvalue weighted by atomic mass is 32.2. The smallest absolute Gasteiger partial charge is 0.267 e. The molecule has 0 aliphatic carbocycles. The molecule has 3 aromatic rings.